The van der Waals surface area contributed by atoms with Crippen LogP contribution in [0.2, 0.25) is 0 Å². The predicted octanol–water partition coefficient (Wildman–Crippen LogP) is 5.09. The van der Waals surface area contributed by atoms with Crippen molar-refractivity contribution in [3.8, 4) is 11.5 Å². The van der Waals surface area contributed by atoms with Crippen molar-refractivity contribution in [2.45, 2.75) is 57.5 Å². The third-order valence-electron chi connectivity index (χ3n) is 5.82. The van der Waals surface area contributed by atoms with Gasteiger partial charge in [0.1, 0.15) is 17.6 Å². The first kappa shape index (κ1) is 18.9. The zero-order valence-corrected chi connectivity index (χ0v) is 17.1. The van der Waals surface area contributed by atoms with Gasteiger partial charge in [-0.15, -0.1) is 0 Å². The maximum absolute atomic E-state index is 11.6. The first-order chi connectivity index (χ1) is 13.3. The minimum atomic E-state index is -0.209. The van der Waals surface area contributed by atoms with Crippen LogP contribution in [0.4, 0.5) is 0 Å². The molecule has 0 spiro atoms. The molecule has 1 aliphatic carbocycles. The molecule has 0 saturated heterocycles. The molecule has 0 radical (unpaired) electrons. The van der Waals surface area contributed by atoms with Crippen LogP contribution in [-0.2, 0) is 21.4 Å². The number of hydrogen-bond donors (Lipinski definition) is 0. The SMILES string of the molecule is COC(=O)CC1COc2cc(OC3CCc4cc(C(C)(C)C)ccc43)ccc21. The number of carbonyl (C=O) groups excluding carboxylic acids is 1. The molecule has 0 bridgehead atoms. The number of methoxy groups -OCH3 is 1. The summed E-state index contributed by atoms with van der Waals surface area (Å²) in [6, 6.07) is 12.7. The maximum atomic E-state index is 11.6. The second-order valence-corrected chi connectivity index (χ2v) is 8.80. The quantitative estimate of drug-likeness (QED) is 0.693. The van der Waals surface area contributed by atoms with E-state index in [1.807, 2.05) is 18.2 Å². The number of aryl methyl sites for hydroxylation is 1. The Morgan fingerprint density at radius 3 is 2.68 bits per heavy atom. The van der Waals surface area contributed by atoms with Gasteiger partial charge in [0.15, 0.2) is 0 Å². The fourth-order valence-electron chi connectivity index (χ4n) is 4.12. The van der Waals surface area contributed by atoms with E-state index in [2.05, 4.69) is 39.0 Å². The second-order valence-electron chi connectivity index (χ2n) is 8.80. The lowest BCUT2D eigenvalue weighted by molar-refractivity contribution is -0.141. The maximum Gasteiger partial charge on any atom is 0.306 e. The Morgan fingerprint density at radius 1 is 1.14 bits per heavy atom. The van der Waals surface area contributed by atoms with Gasteiger partial charge < -0.3 is 14.2 Å². The zero-order valence-electron chi connectivity index (χ0n) is 17.1. The van der Waals surface area contributed by atoms with Crippen LogP contribution in [0.1, 0.15) is 67.9 Å². The number of rotatable bonds is 4. The molecule has 28 heavy (non-hydrogen) atoms. The molecule has 2 aromatic rings. The van der Waals surface area contributed by atoms with Gasteiger partial charge in [0.05, 0.1) is 20.1 Å². The molecule has 2 aromatic carbocycles. The van der Waals surface area contributed by atoms with Crippen molar-refractivity contribution < 1.29 is 19.0 Å². The molecular formula is C24H28O4. The molecule has 4 heteroatoms. The molecule has 0 saturated carbocycles. The van der Waals surface area contributed by atoms with Crippen molar-refractivity contribution in [1.82, 2.24) is 0 Å². The molecule has 0 fully saturated rings. The van der Waals surface area contributed by atoms with Crippen LogP contribution in [0, 0.1) is 0 Å². The highest BCUT2D eigenvalue weighted by Crippen LogP contribution is 2.41. The van der Waals surface area contributed by atoms with Gasteiger partial charge in [-0.1, -0.05) is 45.0 Å². The van der Waals surface area contributed by atoms with Crippen LogP contribution in [0.15, 0.2) is 36.4 Å². The van der Waals surface area contributed by atoms with Gasteiger partial charge in [-0.2, -0.15) is 0 Å². The number of ether oxygens (including phenoxy) is 3. The van der Waals surface area contributed by atoms with E-state index in [1.165, 1.54) is 23.8 Å². The molecule has 2 unspecified atom stereocenters. The summed E-state index contributed by atoms with van der Waals surface area (Å²) in [4.78, 5) is 11.6. The molecule has 4 rings (SSSR count). The van der Waals surface area contributed by atoms with Crippen molar-refractivity contribution in [3.05, 3.63) is 58.7 Å². The Morgan fingerprint density at radius 2 is 1.93 bits per heavy atom. The van der Waals surface area contributed by atoms with E-state index in [9.17, 15) is 4.79 Å². The van der Waals surface area contributed by atoms with Crippen LogP contribution in [-0.4, -0.2) is 19.7 Å². The van der Waals surface area contributed by atoms with Crippen LogP contribution >= 0.6 is 0 Å². The number of hydrogen-bond acceptors (Lipinski definition) is 4. The predicted molar refractivity (Wildman–Crippen MR) is 108 cm³/mol. The van der Waals surface area contributed by atoms with Gasteiger partial charge in [-0.05, 0) is 41.0 Å². The minimum absolute atomic E-state index is 0.0551. The molecule has 2 atom stereocenters. The molecule has 1 aliphatic heterocycles. The van der Waals surface area contributed by atoms with Gasteiger partial charge in [0, 0.05) is 17.5 Å². The minimum Gasteiger partial charge on any atom is -0.492 e. The summed E-state index contributed by atoms with van der Waals surface area (Å²) < 4.78 is 16.9. The molecular weight excluding hydrogens is 352 g/mol. The van der Waals surface area contributed by atoms with Crippen LogP contribution in [0.25, 0.3) is 0 Å². The van der Waals surface area contributed by atoms with Crippen molar-refractivity contribution in [2.75, 3.05) is 13.7 Å². The summed E-state index contributed by atoms with van der Waals surface area (Å²) in [5.74, 6) is 1.47. The second kappa shape index (κ2) is 7.16. The first-order valence-corrected chi connectivity index (χ1v) is 9.98. The van der Waals surface area contributed by atoms with Gasteiger partial charge >= 0.3 is 5.97 Å². The average molecular weight is 380 g/mol. The monoisotopic (exact) mass is 380 g/mol. The van der Waals surface area contributed by atoms with E-state index in [0.717, 1.165) is 29.9 Å². The van der Waals surface area contributed by atoms with Gasteiger partial charge in [-0.25, -0.2) is 0 Å². The number of fused-ring (bicyclic) bond motifs is 2. The summed E-state index contributed by atoms with van der Waals surface area (Å²) in [7, 11) is 1.42. The Labute approximate surface area is 166 Å². The molecule has 0 amide bonds. The summed E-state index contributed by atoms with van der Waals surface area (Å²) >= 11 is 0. The Balaban J connectivity index is 1.49. The highest BCUT2D eigenvalue weighted by Gasteiger charge is 2.29. The first-order valence-electron chi connectivity index (χ1n) is 9.98. The van der Waals surface area contributed by atoms with Crippen LogP contribution in [0.5, 0.6) is 11.5 Å². The molecule has 2 aliphatic rings. The smallest absolute Gasteiger partial charge is 0.306 e. The molecule has 0 aromatic heterocycles. The lowest BCUT2D eigenvalue weighted by atomic mass is 9.85. The normalized spacial score (nSPS) is 20.3. The Bertz CT molecular complexity index is 894. The van der Waals surface area contributed by atoms with Crippen molar-refractivity contribution >= 4 is 5.97 Å². The van der Waals surface area contributed by atoms with E-state index < -0.39 is 0 Å². The van der Waals surface area contributed by atoms with Gasteiger partial charge in [0.25, 0.3) is 0 Å². The number of esters is 1. The van der Waals surface area contributed by atoms with Gasteiger partial charge in [0.2, 0.25) is 0 Å². The Kier molecular flexibility index (Phi) is 4.82. The topological polar surface area (TPSA) is 44.8 Å². The van der Waals surface area contributed by atoms with E-state index >= 15 is 0 Å². The van der Waals surface area contributed by atoms with E-state index in [1.54, 1.807) is 0 Å². The molecule has 0 N–H and O–H groups in total. The third kappa shape index (κ3) is 3.60. The summed E-state index contributed by atoms with van der Waals surface area (Å²) in [6.45, 7) is 7.25. The van der Waals surface area contributed by atoms with E-state index in [0.29, 0.717) is 13.0 Å². The van der Waals surface area contributed by atoms with Crippen molar-refractivity contribution in [3.63, 3.8) is 0 Å². The fraction of sp³-hybridized carbons (Fsp3) is 0.458. The van der Waals surface area contributed by atoms with E-state index in [-0.39, 0.29) is 23.4 Å². The van der Waals surface area contributed by atoms with Crippen LogP contribution in [0.3, 0.4) is 0 Å². The lowest BCUT2D eigenvalue weighted by Gasteiger charge is -2.21. The summed E-state index contributed by atoms with van der Waals surface area (Å²) in [5.41, 5.74) is 5.27. The lowest BCUT2D eigenvalue weighted by Crippen LogP contribution is -2.11. The highest BCUT2D eigenvalue weighted by molar-refractivity contribution is 5.71. The Hall–Kier alpha value is -2.49. The number of benzene rings is 2. The molecule has 4 nitrogen and oxygen atoms in total. The van der Waals surface area contributed by atoms with Crippen LogP contribution < -0.4 is 9.47 Å². The standard InChI is InChI=1S/C24H28O4/c1-24(2,3)17-6-8-19-15(11-17)5-10-21(19)28-18-7-9-20-16(12-23(25)26-4)14-27-22(20)13-18/h6-9,11,13,16,21H,5,10,12,14H2,1-4H3. The summed E-state index contributed by atoms with van der Waals surface area (Å²) in [5, 5.41) is 0. The third-order valence-corrected chi connectivity index (χ3v) is 5.82. The van der Waals surface area contributed by atoms with Crippen molar-refractivity contribution in [1.29, 1.82) is 0 Å². The fourth-order valence-corrected chi connectivity index (χ4v) is 4.12. The highest BCUT2D eigenvalue weighted by atomic mass is 16.5. The van der Waals surface area contributed by atoms with Crippen molar-refractivity contribution in [2.24, 2.45) is 0 Å². The largest absolute Gasteiger partial charge is 0.492 e. The number of carbonyl (C=O) groups is 1. The van der Waals surface area contributed by atoms with E-state index in [4.69, 9.17) is 14.2 Å². The molecule has 148 valence electrons. The van der Waals surface area contributed by atoms with Gasteiger partial charge in [-0.3, -0.25) is 4.79 Å². The average Bonchev–Trinajstić information content (AvgIpc) is 3.24. The molecule has 1 heterocycles. The summed E-state index contributed by atoms with van der Waals surface area (Å²) in [6.07, 6.45) is 2.46. The zero-order chi connectivity index (χ0) is 19.9.